The van der Waals surface area contributed by atoms with Gasteiger partial charge in [-0.2, -0.15) is 0 Å². The Bertz CT molecular complexity index is 990. The third kappa shape index (κ3) is 2.15. The molecule has 126 valence electrons. The summed E-state index contributed by atoms with van der Waals surface area (Å²) in [6, 6.07) is 19.4. The van der Waals surface area contributed by atoms with Crippen LogP contribution in [0.25, 0.3) is 10.8 Å². The highest BCUT2D eigenvalue weighted by atomic mass is 16.3. The van der Waals surface area contributed by atoms with Gasteiger partial charge < -0.3 is 10.0 Å². The molecule has 25 heavy (non-hydrogen) atoms. The van der Waals surface area contributed by atoms with Gasteiger partial charge in [0, 0.05) is 23.6 Å². The molecule has 0 aliphatic carbocycles. The molecule has 1 N–H and O–H groups in total. The van der Waals surface area contributed by atoms with E-state index in [4.69, 9.17) is 0 Å². The summed E-state index contributed by atoms with van der Waals surface area (Å²) >= 11 is 0. The van der Waals surface area contributed by atoms with E-state index in [0.29, 0.717) is 0 Å². The number of rotatable bonds is 1. The molecule has 3 heteroatoms. The van der Waals surface area contributed by atoms with E-state index in [0.717, 1.165) is 27.6 Å². The van der Waals surface area contributed by atoms with Crippen LogP contribution in [0.1, 0.15) is 37.9 Å². The van der Waals surface area contributed by atoms with Crippen LogP contribution in [0.4, 0.5) is 5.69 Å². The number of benzene rings is 3. The van der Waals surface area contributed by atoms with Crippen LogP contribution in [0.2, 0.25) is 0 Å². The van der Waals surface area contributed by atoms with Gasteiger partial charge >= 0.3 is 0 Å². The molecular formula is C22H21NO2. The molecule has 0 bridgehead atoms. The van der Waals surface area contributed by atoms with Gasteiger partial charge in [0.25, 0.3) is 0 Å². The summed E-state index contributed by atoms with van der Waals surface area (Å²) in [6.45, 7) is 5.87. The minimum atomic E-state index is -0.316. The lowest BCUT2D eigenvalue weighted by atomic mass is 9.76. The molecule has 0 fully saturated rings. The van der Waals surface area contributed by atoms with Crippen molar-refractivity contribution in [2.45, 2.75) is 32.2 Å². The van der Waals surface area contributed by atoms with Crippen molar-refractivity contribution in [3.05, 3.63) is 71.8 Å². The number of carbonyl (C=O) groups excluding carboxylic acids is 1. The molecule has 0 spiro atoms. The average molecular weight is 331 g/mol. The maximum atomic E-state index is 12.6. The maximum absolute atomic E-state index is 12.6. The fourth-order valence-corrected chi connectivity index (χ4v) is 4.25. The SMILES string of the molecule is CC(=O)N1c2ccccc2C(C)(C)[C@H]1c1c(O)ccc2ccccc12. The molecule has 0 aromatic heterocycles. The number of amides is 1. The average Bonchev–Trinajstić information content (AvgIpc) is 2.83. The molecule has 0 saturated carbocycles. The molecular weight excluding hydrogens is 310 g/mol. The van der Waals surface area contributed by atoms with Gasteiger partial charge in [0.05, 0.1) is 6.04 Å². The number of para-hydroxylation sites is 1. The van der Waals surface area contributed by atoms with E-state index in [1.165, 1.54) is 0 Å². The first-order valence-electron chi connectivity index (χ1n) is 8.53. The van der Waals surface area contributed by atoms with E-state index in [-0.39, 0.29) is 23.1 Å². The number of anilines is 1. The third-order valence-corrected chi connectivity index (χ3v) is 5.36. The second-order valence-electron chi connectivity index (χ2n) is 7.25. The van der Waals surface area contributed by atoms with Crippen LogP contribution in [0, 0.1) is 0 Å². The second-order valence-corrected chi connectivity index (χ2v) is 7.25. The van der Waals surface area contributed by atoms with Crippen molar-refractivity contribution in [2.75, 3.05) is 4.90 Å². The van der Waals surface area contributed by atoms with Crippen LogP contribution in [0.15, 0.2) is 60.7 Å². The van der Waals surface area contributed by atoms with E-state index in [1.807, 2.05) is 53.4 Å². The van der Waals surface area contributed by atoms with E-state index in [2.05, 4.69) is 19.9 Å². The van der Waals surface area contributed by atoms with Gasteiger partial charge in [-0.3, -0.25) is 4.79 Å². The molecule has 0 radical (unpaired) electrons. The van der Waals surface area contributed by atoms with Crippen LogP contribution in [-0.2, 0) is 10.2 Å². The van der Waals surface area contributed by atoms with Gasteiger partial charge in [0.2, 0.25) is 5.91 Å². The molecule has 0 saturated heterocycles. The van der Waals surface area contributed by atoms with Crippen molar-refractivity contribution in [3.63, 3.8) is 0 Å². The number of hydrogen-bond acceptors (Lipinski definition) is 2. The minimum absolute atomic E-state index is 0.0182. The summed E-state index contributed by atoms with van der Waals surface area (Å²) in [7, 11) is 0. The number of fused-ring (bicyclic) bond motifs is 2. The molecule has 3 aromatic rings. The number of hydrogen-bond donors (Lipinski definition) is 1. The minimum Gasteiger partial charge on any atom is -0.508 e. The molecule has 1 heterocycles. The van der Waals surface area contributed by atoms with Crippen molar-refractivity contribution >= 4 is 22.4 Å². The quantitative estimate of drug-likeness (QED) is 0.687. The van der Waals surface area contributed by atoms with Crippen molar-refractivity contribution in [2.24, 2.45) is 0 Å². The predicted octanol–water partition coefficient (Wildman–Crippen LogP) is 4.93. The standard InChI is InChI=1S/C22H21NO2/c1-14(24)23-18-11-7-6-10-17(18)22(2,3)21(23)20-16-9-5-4-8-15(16)12-13-19(20)25/h4-13,21,25H,1-3H3/t21-/m1/s1. The summed E-state index contributed by atoms with van der Waals surface area (Å²) in [5.74, 6) is 0.214. The molecule has 1 amide bonds. The third-order valence-electron chi connectivity index (χ3n) is 5.36. The van der Waals surface area contributed by atoms with Crippen molar-refractivity contribution in [1.29, 1.82) is 0 Å². The second kappa shape index (κ2) is 5.35. The highest BCUT2D eigenvalue weighted by Crippen LogP contribution is 2.55. The van der Waals surface area contributed by atoms with E-state index in [9.17, 15) is 9.90 Å². The Morgan fingerprint density at radius 1 is 1.00 bits per heavy atom. The van der Waals surface area contributed by atoms with E-state index < -0.39 is 0 Å². The summed E-state index contributed by atoms with van der Waals surface area (Å²) in [4.78, 5) is 14.4. The number of carbonyl (C=O) groups is 1. The first kappa shape index (κ1) is 15.7. The lowest BCUT2D eigenvalue weighted by molar-refractivity contribution is -0.117. The molecule has 3 aromatic carbocycles. The van der Waals surface area contributed by atoms with Crippen molar-refractivity contribution < 1.29 is 9.90 Å². The first-order chi connectivity index (χ1) is 11.9. The summed E-state index contributed by atoms with van der Waals surface area (Å²) in [6.07, 6.45) is 0. The van der Waals surface area contributed by atoms with Gasteiger partial charge in [-0.1, -0.05) is 62.4 Å². The van der Waals surface area contributed by atoms with Crippen LogP contribution < -0.4 is 4.90 Å². The number of aromatic hydroxyl groups is 1. The van der Waals surface area contributed by atoms with Gasteiger partial charge in [0.15, 0.2) is 0 Å². The van der Waals surface area contributed by atoms with Gasteiger partial charge in [-0.25, -0.2) is 0 Å². The Labute approximate surface area is 147 Å². The van der Waals surface area contributed by atoms with Crippen molar-refractivity contribution in [3.8, 4) is 5.75 Å². The topological polar surface area (TPSA) is 40.5 Å². The first-order valence-corrected chi connectivity index (χ1v) is 8.53. The van der Waals surface area contributed by atoms with Crippen LogP contribution >= 0.6 is 0 Å². The molecule has 1 aliphatic rings. The molecule has 4 rings (SSSR count). The van der Waals surface area contributed by atoms with E-state index >= 15 is 0 Å². The fourth-order valence-electron chi connectivity index (χ4n) is 4.25. The smallest absolute Gasteiger partial charge is 0.224 e. The number of phenols is 1. The lowest BCUT2D eigenvalue weighted by Crippen LogP contribution is -2.36. The molecule has 0 unspecified atom stereocenters. The van der Waals surface area contributed by atoms with Crippen LogP contribution in [0.3, 0.4) is 0 Å². The summed E-state index contributed by atoms with van der Waals surface area (Å²) < 4.78 is 0. The Balaban J connectivity index is 2.06. The summed E-state index contributed by atoms with van der Waals surface area (Å²) in [5, 5.41) is 12.8. The highest BCUT2D eigenvalue weighted by Gasteiger charge is 2.48. The summed E-state index contributed by atoms with van der Waals surface area (Å²) in [5.41, 5.74) is 2.55. The zero-order valence-electron chi connectivity index (χ0n) is 14.7. The van der Waals surface area contributed by atoms with Crippen LogP contribution in [-0.4, -0.2) is 11.0 Å². The molecule has 3 nitrogen and oxygen atoms in total. The Morgan fingerprint density at radius 2 is 1.68 bits per heavy atom. The maximum Gasteiger partial charge on any atom is 0.224 e. The van der Waals surface area contributed by atoms with Crippen LogP contribution in [0.5, 0.6) is 5.75 Å². The normalized spacial score (nSPS) is 18.4. The highest BCUT2D eigenvalue weighted by molar-refractivity contribution is 5.98. The fraction of sp³-hybridized carbons (Fsp3) is 0.227. The Kier molecular flexibility index (Phi) is 3.36. The predicted molar refractivity (Wildman–Crippen MR) is 101 cm³/mol. The van der Waals surface area contributed by atoms with Gasteiger partial charge in [-0.15, -0.1) is 0 Å². The molecule has 1 atom stereocenters. The van der Waals surface area contributed by atoms with E-state index in [1.54, 1.807) is 13.0 Å². The van der Waals surface area contributed by atoms with Crippen molar-refractivity contribution in [1.82, 2.24) is 0 Å². The largest absolute Gasteiger partial charge is 0.508 e. The van der Waals surface area contributed by atoms with Gasteiger partial charge in [-0.05, 0) is 28.5 Å². The molecule has 1 aliphatic heterocycles. The monoisotopic (exact) mass is 331 g/mol. The number of phenolic OH excluding ortho intramolecular Hbond substituents is 1. The Hall–Kier alpha value is -2.81. The Morgan fingerprint density at radius 3 is 2.44 bits per heavy atom. The zero-order valence-corrected chi connectivity index (χ0v) is 14.7. The zero-order chi connectivity index (χ0) is 17.8. The lowest BCUT2D eigenvalue weighted by Gasteiger charge is -2.34. The van der Waals surface area contributed by atoms with Gasteiger partial charge in [0.1, 0.15) is 5.75 Å². The number of nitrogens with zero attached hydrogens (tertiary/aromatic N) is 1.